The molecule has 0 bridgehead atoms. The molecule has 0 aliphatic rings. The number of carbonyl (C=O) groups is 1. The molecule has 0 fully saturated rings. The third-order valence-electron chi connectivity index (χ3n) is 2.63. The molecule has 5 heteroatoms. The normalized spacial score (nSPS) is 10.9. The number of hydrogen-bond acceptors (Lipinski definition) is 3. The van der Waals surface area contributed by atoms with Crippen LogP contribution in [0.1, 0.15) is 31.7 Å². The first-order valence-electron chi connectivity index (χ1n) is 6.36. The predicted octanol–water partition coefficient (Wildman–Crippen LogP) is 4.01. The lowest BCUT2D eigenvalue weighted by atomic mass is 10.1. The highest BCUT2D eigenvalue weighted by Crippen LogP contribution is 2.26. The topological polar surface area (TPSA) is 70.3 Å². The Balaban J connectivity index is 2.96. The largest absolute Gasteiger partial charge is 0.493 e. The van der Waals surface area contributed by atoms with Crippen LogP contribution in [0.5, 0.6) is 5.75 Å². The highest BCUT2D eigenvalue weighted by Gasteiger charge is 2.09. The number of benzene rings is 1. The van der Waals surface area contributed by atoms with Gasteiger partial charge in [-0.3, -0.25) is 0 Å². The van der Waals surface area contributed by atoms with Crippen LogP contribution in [0.15, 0.2) is 28.2 Å². The molecule has 0 atom stereocenters. The highest BCUT2D eigenvalue weighted by atomic mass is 79.9. The molecule has 0 saturated heterocycles. The van der Waals surface area contributed by atoms with E-state index >= 15 is 0 Å². The summed E-state index contributed by atoms with van der Waals surface area (Å²) in [5.74, 6) is -0.664. The van der Waals surface area contributed by atoms with Crippen LogP contribution in [0.25, 0.3) is 6.08 Å². The van der Waals surface area contributed by atoms with E-state index in [1.54, 1.807) is 18.2 Å². The Kier molecular flexibility index (Phi) is 6.82. The molecule has 1 aromatic rings. The van der Waals surface area contributed by atoms with Crippen LogP contribution in [-0.4, -0.2) is 17.7 Å². The number of aliphatic carboxylic acids is 1. The zero-order valence-electron chi connectivity index (χ0n) is 11.2. The van der Waals surface area contributed by atoms with Gasteiger partial charge < -0.3 is 9.84 Å². The minimum atomic E-state index is -1.25. The summed E-state index contributed by atoms with van der Waals surface area (Å²) in [5, 5.41) is 17.7. The first-order chi connectivity index (χ1) is 9.58. The summed E-state index contributed by atoms with van der Waals surface area (Å²) in [6.45, 7) is 2.69. The van der Waals surface area contributed by atoms with Gasteiger partial charge in [0, 0.05) is 10.0 Å². The Bertz CT molecular complexity index is 547. The van der Waals surface area contributed by atoms with E-state index in [4.69, 9.17) is 15.1 Å². The number of unbranched alkanes of at least 4 members (excludes halogenated alkanes) is 2. The maximum absolute atomic E-state index is 10.9. The van der Waals surface area contributed by atoms with Gasteiger partial charge in [-0.25, -0.2) is 4.79 Å². The first-order valence-corrected chi connectivity index (χ1v) is 7.15. The molecule has 0 aliphatic carbocycles. The maximum Gasteiger partial charge on any atom is 0.346 e. The molecular weight excluding hydrogens is 322 g/mol. The minimum absolute atomic E-state index is 0.318. The minimum Gasteiger partial charge on any atom is -0.493 e. The van der Waals surface area contributed by atoms with E-state index in [0.29, 0.717) is 17.9 Å². The van der Waals surface area contributed by atoms with Gasteiger partial charge in [0.15, 0.2) is 0 Å². The van der Waals surface area contributed by atoms with Crippen LogP contribution >= 0.6 is 15.9 Å². The fraction of sp³-hybridized carbons (Fsp3) is 0.333. The SMILES string of the molecule is CCCCCOc1ccc(Br)cc1C=C(C#N)C(=O)O. The van der Waals surface area contributed by atoms with Crippen molar-refractivity contribution in [2.45, 2.75) is 26.2 Å². The van der Waals surface area contributed by atoms with Gasteiger partial charge in [0.05, 0.1) is 6.61 Å². The van der Waals surface area contributed by atoms with E-state index in [0.717, 1.165) is 23.7 Å². The van der Waals surface area contributed by atoms with E-state index in [1.807, 2.05) is 6.07 Å². The molecule has 0 heterocycles. The summed E-state index contributed by atoms with van der Waals surface area (Å²) in [6.07, 6.45) is 4.45. The summed E-state index contributed by atoms with van der Waals surface area (Å²) >= 11 is 3.32. The monoisotopic (exact) mass is 337 g/mol. The van der Waals surface area contributed by atoms with E-state index in [1.165, 1.54) is 6.08 Å². The molecule has 0 radical (unpaired) electrons. The number of ether oxygens (including phenoxy) is 1. The lowest BCUT2D eigenvalue weighted by Crippen LogP contribution is -2.01. The number of nitriles is 1. The summed E-state index contributed by atoms with van der Waals surface area (Å²) in [7, 11) is 0. The fourth-order valence-electron chi connectivity index (χ4n) is 1.60. The Morgan fingerprint density at radius 3 is 2.85 bits per heavy atom. The fourth-order valence-corrected chi connectivity index (χ4v) is 1.97. The van der Waals surface area contributed by atoms with E-state index in [-0.39, 0.29) is 5.57 Å². The van der Waals surface area contributed by atoms with E-state index < -0.39 is 5.97 Å². The van der Waals surface area contributed by atoms with Crippen molar-refractivity contribution in [3.8, 4) is 11.8 Å². The van der Waals surface area contributed by atoms with E-state index in [9.17, 15) is 4.79 Å². The maximum atomic E-state index is 10.9. The van der Waals surface area contributed by atoms with Gasteiger partial charge in [-0.15, -0.1) is 0 Å². The second kappa shape index (κ2) is 8.39. The molecule has 0 saturated carbocycles. The van der Waals surface area contributed by atoms with Crippen molar-refractivity contribution in [3.05, 3.63) is 33.8 Å². The summed E-state index contributed by atoms with van der Waals surface area (Å²) in [5.41, 5.74) is 0.260. The Morgan fingerprint density at radius 2 is 2.25 bits per heavy atom. The number of hydrogen-bond donors (Lipinski definition) is 1. The van der Waals surface area contributed by atoms with E-state index in [2.05, 4.69) is 22.9 Å². The van der Waals surface area contributed by atoms with Crippen LogP contribution < -0.4 is 4.74 Å². The second-order valence-electron chi connectivity index (χ2n) is 4.21. The van der Waals surface area contributed by atoms with Gasteiger partial charge in [-0.2, -0.15) is 5.26 Å². The number of carboxylic acids is 1. The van der Waals surface area contributed by atoms with Gasteiger partial charge in [0.25, 0.3) is 0 Å². The van der Waals surface area contributed by atoms with Gasteiger partial charge in [0.2, 0.25) is 0 Å². The Labute approximate surface area is 126 Å². The molecular formula is C15H16BrNO3. The highest BCUT2D eigenvalue weighted by molar-refractivity contribution is 9.10. The van der Waals surface area contributed by atoms with Gasteiger partial charge in [-0.1, -0.05) is 35.7 Å². The molecule has 0 spiro atoms. The Morgan fingerprint density at radius 1 is 1.50 bits per heavy atom. The second-order valence-corrected chi connectivity index (χ2v) is 5.13. The van der Waals surface area contributed by atoms with Crippen molar-refractivity contribution in [1.29, 1.82) is 5.26 Å². The molecule has 1 rings (SSSR count). The summed E-state index contributed by atoms with van der Waals surface area (Å²) in [4.78, 5) is 10.9. The van der Waals surface area contributed by atoms with Gasteiger partial charge in [0.1, 0.15) is 17.4 Å². The average molecular weight is 338 g/mol. The Hall–Kier alpha value is -1.80. The quantitative estimate of drug-likeness (QED) is 0.463. The first kappa shape index (κ1) is 16.3. The number of rotatable bonds is 7. The van der Waals surface area contributed by atoms with Crippen molar-refractivity contribution in [2.24, 2.45) is 0 Å². The van der Waals surface area contributed by atoms with Crippen molar-refractivity contribution in [2.75, 3.05) is 6.61 Å². The van der Waals surface area contributed by atoms with Crippen LogP contribution in [0.3, 0.4) is 0 Å². The predicted molar refractivity (Wildman–Crippen MR) is 80.4 cm³/mol. The number of halogens is 1. The van der Waals surface area contributed by atoms with Crippen molar-refractivity contribution < 1.29 is 14.6 Å². The lowest BCUT2D eigenvalue weighted by molar-refractivity contribution is -0.132. The molecule has 0 unspecified atom stereocenters. The molecule has 0 aliphatic heterocycles. The van der Waals surface area contributed by atoms with Crippen molar-refractivity contribution in [1.82, 2.24) is 0 Å². The lowest BCUT2D eigenvalue weighted by Gasteiger charge is -2.09. The zero-order valence-corrected chi connectivity index (χ0v) is 12.8. The smallest absolute Gasteiger partial charge is 0.346 e. The number of nitrogens with zero attached hydrogens (tertiary/aromatic N) is 1. The molecule has 4 nitrogen and oxygen atoms in total. The van der Waals surface area contributed by atoms with Crippen LogP contribution in [0, 0.1) is 11.3 Å². The van der Waals surface area contributed by atoms with Crippen molar-refractivity contribution in [3.63, 3.8) is 0 Å². The zero-order chi connectivity index (χ0) is 15.0. The van der Waals surface area contributed by atoms with Crippen LogP contribution in [-0.2, 0) is 4.79 Å². The summed E-state index contributed by atoms with van der Waals surface area (Å²) < 4.78 is 6.45. The molecule has 0 amide bonds. The molecule has 0 aromatic heterocycles. The standard InChI is InChI=1S/C15H16BrNO3/c1-2-3-4-7-20-14-6-5-13(16)9-11(14)8-12(10-17)15(18)19/h5-6,8-9H,2-4,7H2,1H3,(H,18,19). The van der Waals surface area contributed by atoms with Gasteiger partial charge >= 0.3 is 5.97 Å². The number of carboxylic acid groups (broad SMARTS) is 1. The van der Waals surface area contributed by atoms with Crippen LogP contribution in [0.4, 0.5) is 0 Å². The van der Waals surface area contributed by atoms with Gasteiger partial charge in [-0.05, 0) is 30.7 Å². The van der Waals surface area contributed by atoms with Crippen LogP contribution in [0.2, 0.25) is 0 Å². The molecule has 106 valence electrons. The average Bonchev–Trinajstić information content (AvgIpc) is 2.42. The molecule has 1 N–H and O–H groups in total. The third-order valence-corrected chi connectivity index (χ3v) is 3.12. The third kappa shape index (κ3) is 5.06. The van der Waals surface area contributed by atoms with Crippen molar-refractivity contribution >= 4 is 28.0 Å². The molecule has 1 aromatic carbocycles. The summed E-state index contributed by atoms with van der Waals surface area (Å²) in [6, 6.07) is 6.98. The molecule has 20 heavy (non-hydrogen) atoms.